The topological polar surface area (TPSA) is 50.7 Å². The third kappa shape index (κ3) is 3.16. The molecule has 94 valence electrons. The molecule has 2 aromatic heterocycles. The van der Waals surface area contributed by atoms with Gasteiger partial charge in [-0.2, -0.15) is 13.2 Å². The number of hydrogen-bond acceptors (Lipinski definition) is 4. The van der Waals surface area contributed by atoms with Crippen molar-refractivity contribution < 1.29 is 13.2 Å². The Hall–Kier alpha value is -2.18. The summed E-state index contributed by atoms with van der Waals surface area (Å²) in [6.07, 6.45) is -0.186. The van der Waals surface area contributed by atoms with E-state index in [0.717, 1.165) is 17.8 Å². The summed E-state index contributed by atoms with van der Waals surface area (Å²) in [6.45, 7) is 0.337. The van der Waals surface area contributed by atoms with Crippen LogP contribution in [-0.4, -0.2) is 15.0 Å². The molecule has 18 heavy (non-hydrogen) atoms. The van der Waals surface area contributed by atoms with Crippen molar-refractivity contribution in [2.24, 2.45) is 0 Å². The van der Waals surface area contributed by atoms with Gasteiger partial charge in [0, 0.05) is 25.1 Å². The lowest BCUT2D eigenvalue weighted by Gasteiger charge is -2.08. The summed E-state index contributed by atoms with van der Waals surface area (Å²) in [7, 11) is 0. The first kappa shape index (κ1) is 12.3. The van der Waals surface area contributed by atoms with Gasteiger partial charge in [0.2, 0.25) is 5.95 Å². The Labute approximate surface area is 101 Å². The number of pyridine rings is 1. The average molecular weight is 254 g/mol. The Balaban J connectivity index is 2.06. The molecule has 0 atom stereocenters. The molecule has 1 N–H and O–H groups in total. The summed E-state index contributed by atoms with van der Waals surface area (Å²) in [5, 5.41) is 2.72. The molecule has 0 aromatic carbocycles. The Morgan fingerprint density at radius 2 is 1.78 bits per heavy atom. The first-order chi connectivity index (χ1) is 8.55. The molecule has 7 heteroatoms. The minimum absolute atomic E-state index is 0.0540. The van der Waals surface area contributed by atoms with E-state index in [1.54, 1.807) is 24.5 Å². The van der Waals surface area contributed by atoms with Gasteiger partial charge in [-0.05, 0) is 23.8 Å². The van der Waals surface area contributed by atoms with Crippen molar-refractivity contribution in [3.63, 3.8) is 0 Å². The maximum absolute atomic E-state index is 12.4. The van der Waals surface area contributed by atoms with E-state index in [9.17, 15) is 13.2 Å². The molecule has 2 aromatic rings. The number of nitrogens with one attached hydrogen (secondary N) is 1. The van der Waals surface area contributed by atoms with Gasteiger partial charge in [-0.1, -0.05) is 0 Å². The van der Waals surface area contributed by atoms with Gasteiger partial charge in [-0.3, -0.25) is 4.98 Å². The van der Waals surface area contributed by atoms with E-state index in [2.05, 4.69) is 20.3 Å². The maximum Gasteiger partial charge on any atom is 0.433 e. The van der Waals surface area contributed by atoms with Crippen LogP contribution < -0.4 is 5.32 Å². The average Bonchev–Trinajstić information content (AvgIpc) is 2.37. The number of nitrogens with zero attached hydrogens (tertiary/aromatic N) is 3. The molecule has 0 unspecified atom stereocenters. The van der Waals surface area contributed by atoms with E-state index in [-0.39, 0.29) is 5.95 Å². The van der Waals surface area contributed by atoms with Gasteiger partial charge in [0.1, 0.15) is 5.69 Å². The van der Waals surface area contributed by atoms with Crippen molar-refractivity contribution >= 4 is 5.95 Å². The van der Waals surface area contributed by atoms with Crippen molar-refractivity contribution in [1.29, 1.82) is 0 Å². The van der Waals surface area contributed by atoms with Gasteiger partial charge in [0.05, 0.1) is 0 Å². The summed E-state index contributed by atoms with van der Waals surface area (Å²) < 4.78 is 37.2. The molecule has 0 aliphatic rings. The van der Waals surface area contributed by atoms with Crippen LogP contribution >= 0.6 is 0 Å². The van der Waals surface area contributed by atoms with Crippen molar-refractivity contribution in [3.05, 3.63) is 48.0 Å². The van der Waals surface area contributed by atoms with Gasteiger partial charge in [0.25, 0.3) is 0 Å². The zero-order valence-corrected chi connectivity index (χ0v) is 9.15. The first-order valence-electron chi connectivity index (χ1n) is 5.09. The van der Waals surface area contributed by atoms with Crippen LogP contribution in [0.5, 0.6) is 0 Å². The lowest BCUT2D eigenvalue weighted by atomic mass is 10.3. The van der Waals surface area contributed by atoms with Crippen LogP contribution in [0.2, 0.25) is 0 Å². The smallest absolute Gasteiger partial charge is 0.350 e. The SMILES string of the molecule is FC(F)(F)c1ccnc(NCc2ccncc2)n1. The maximum atomic E-state index is 12.4. The molecular formula is C11H9F3N4. The van der Waals surface area contributed by atoms with Gasteiger partial charge in [-0.25, -0.2) is 9.97 Å². The zero-order chi connectivity index (χ0) is 13.0. The molecule has 0 saturated carbocycles. The number of halogens is 3. The summed E-state index contributed by atoms with van der Waals surface area (Å²) in [5.74, 6) is -0.0540. The van der Waals surface area contributed by atoms with Crippen molar-refractivity contribution in [1.82, 2.24) is 15.0 Å². The quantitative estimate of drug-likeness (QED) is 0.914. The molecule has 0 radical (unpaired) electrons. The van der Waals surface area contributed by atoms with E-state index < -0.39 is 11.9 Å². The molecule has 0 saturated heterocycles. The van der Waals surface area contributed by atoms with Crippen molar-refractivity contribution in [2.45, 2.75) is 12.7 Å². The monoisotopic (exact) mass is 254 g/mol. The second-order valence-electron chi connectivity index (χ2n) is 3.47. The Kier molecular flexibility index (Phi) is 3.40. The lowest BCUT2D eigenvalue weighted by molar-refractivity contribution is -0.141. The zero-order valence-electron chi connectivity index (χ0n) is 9.15. The number of hydrogen-bond donors (Lipinski definition) is 1. The Morgan fingerprint density at radius 3 is 2.44 bits per heavy atom. The Morgan fingerprint density at radius 1 is 1.06 bits per heavy atom. The van der Waals surface area contributed by atoms with Crippen molar-refractivity contribution in [3.8, 4) is 0 Å². The van der Waals surface area contributed by atoms with Gasteiger partial charge in [-0.15, -0.1) is 0 Å². The third-order valence-electron chi connectivity index (χ3n) is 2.15. The van der Waals surface area contributed by atoms with E-state index in [0.29, 0.717) is 6.54 Å². The van der Waals surface area contributed by atoms with Crippen molar-refractivity contribution in [2.75, 3.05) is 5.32 Å². The van der Waals surface area contributed by atoms with E-state index >= 15 is 0 Å². The molecular weight excluding hydrogens is 245 g/mol. The van der Waals surface area contributed by atoms with Gasteiger partial charge in [0.15, 0.2) is 0 Å². The molecule has 2 heterocycles. The largest absolute Gasteiger partial charge is 0.433 e. The van der Waals surface area contributed by atoms with Crippen LogP contribution in [0.1, 0.15) is 11.3 Å². The highest BCUT2D eigenvalue weighted by molar-refractivity contribution is 5.28. The molecule has 0 bridgehead atoms. The molecule has 0 amide bonds. The highest BCUT2D eigenvalue weighted by Gasteiger charge is 2.32. The van der Waals surface area contributed by atoms with Gasteiger partial charge < -0.3 is 5.32 Å². The second-order valence-corrected chi connectivity index (χ2v) is 3.47. The summed E-state index contributed by atoms with van der Waals surface area (Å²) in [5.41, 5.74) is -0.0826. The molecule has 0 aliphatic carbocycles. The number of anilines is 1. The standard InChI is InChI=1S/C11H9F3N4/c12-11(13,14)9-3-6-16-10(18-9)17-7-8-1-4-15-5-2-8/h1-6H,7H2,(H,16,17,18). The summed E-state index contributed by atoms with van der Waals surface area (Å²) in [4.78, 5) is 11.0. The lowest BCUT2D eigenvalue weighted by Crippen LogP contribution is -2.11. The minimum atomic E-state index is -4.46. The predicted molar refractivity (Wildman–Crippen MR) is 58.6 cm³/mol. The summed E-state index contributed by atoms with van der Waals surface area (Å²) >= 11 is 0. The van der Waals surface area contributed by atoms with Crippen LogP contribution in [0.3, 0.4) is 0 Å². The Bertz CT molecular complexity index is 513. The predicted octanol–water partition coefficient (Wildman–Crippen LogP) is 2.50. The van der Waals surface area contributed by atoms with Gasteiger partial charge >= 0.3 is 6.18 Å². The van der Waals surface area contributed by atoms with E-state index in [4.69, 9.17) is 0 Å². The highest BCUT2D eigenvalue weighted by atomic mass is 19.4. The summed E-state index contributed by atoms with van der Waals surface area (Å²) in [6, 6.07) is 4.33. The normalized spacial score (nSPS) is 11.3. The van der Waals surface area contributed by atoms with E-state index in [1.165, 1.54) is 0 Å². The van der Waals surface area contributed by atoms with Crippen LogP contribution in [0.15, 0.2) is 36.8 Å². The number of rotatable bonds is 3. The fourth-order valence-electron chi connectivity index (χ4n) is 1.28. The van der Waals surface area contributed by atoms with E-state index in [1.807, 2.05) is 0 Å². The molecule has 0 aliphatic heterocycles. The fourth-order valence-corrected chi connectivity index (χ4v) is 1.28. The first-order valence-corrected chi connectivity index (χ1v) is 5.09. The minimum Gasteiger partial charge on any atom is -0.350 e. The van der Waals surface area contributed by atoms with Crippen LogP contribution in [0.4, 0.5) is 19.1 Å². The number of aromatic nitrogens is 3. The highest BCUT2D eigenvalue weighted by Crippen LogP contribution is 2.27. The molecule has 4 nitrogen and oxygen atoms in total. The molecule has 0 spiro atoms. The van der Waals surface area contributed by atoms with Crippen LogP contribution in [0, 0.1) is 0 Å². The van der Waals surface area contributed by atoms with Crippen LogP contribution in [-0.2, 0) is 12.7 Å². The van der Waals surface area contributed by atoms with Crippen LogP contribution in [0.25, 0.3) is 0 Å². The number of alkyl halides is 3. The molecule has 0 fully saturated rings. The fraction of sp³-hybridized carbons (Fsp3) is 0.182. The second kappa shape index (κ2) is 4.99. The third-order valence-corrected chi connectivity index (χ3v) is 2.15. The molecule has 2 rings (SSSR count).